The number of nitrogens with zero attached hydrogens (tertiary/aromatic N) is 1. The van der Waals surface area contributed by atoms with Gasteiger partial charge in [-0.1, -0.05) is 36.6 Å². The van der Waals surface area contributed by atoms with Crippen LogP contribution in [-0.4, -0.2) is 35.1 Å². The Balaban J connectivity index is 1.99. The second-order valence-corrected chi connectivity index (χ2v) is 5.67. The zero-order valence-electron chi connectivity index (χ0n) is 11.2. The molecule has 0 saturated heterocycles. The lowest BCUT2D eigenvalue weighted by molar-refractivity contribution is -0.134. The standard InChI is InChI=1S/C15H20ClNO2/c1-17(13-7-2-3-8-14(13)18)15(19)10-11-5-4-6-12(16)9-11/h4-6,9,13-14,18H,2-3,7-8,10H2,1H3/t13-,14-/m1/s1. The van der Waals surface area contributed by atoms with Crippen LogP contribution in [0.3, 0.4) is 0 Å². The summed E-state index contributed by atoms with van der Waals surface area (Å²) in [5.41, 5.74) is 0.912. The van der Waals surface area contributed by atoms with E-state index in [2.05, 4.69) is 0 Å². The van der Waals surface area contributed by atoms with Crippen LogP contribution < -0.4 is 0 Å². The Morgan fingerprint density at radius 3 is 2.84 bits per heavy atom. The molecule has 1 saturated carbocycles. The van der Waals surface area contributed by atoms with Crippen molar-refractivity contribution in [1.82, 2.24) is 4.90 Å². The number of carbonyl (C=O) groups excluding carboxylic acids is 1. The van der Waals surface area contributed by atoms with Crippen LogP contribution in [0.2, 0.25) is 5.02 Å². The van der Waals surface area contributed by atoms with Gasteiger partial charge in [0.15, 0.2) is 0 Å². The second kappa shape index (κ2) is 6.40. The maximum atomic E-state index is 12.2. The molecule has 3 nitrogen and oxygen atoms in total. The lowest BCUT2D eigenvalue weighted by atomic mass is 9.91. The Kier molecular flexibility index (Phi) is 4.83. The van der Waals surface area contributed by atoms with Crippen molar-refractivity contribution in [3.8, 4) is 0 Å². The van der Waals surface area contributed by atoms with E-state index < -0.39 is 0 Å². The average molecular weight is 282 g/mol. The van der Waals surface area contributed by atoms with Gasteiger partial charge in [-0.15, -0.1) is 0 Å². The van der Waals surface area contributed by atoms with Crippen molar-refractivity contribution < 1.29 is 9.90 Å². The van der Waals surface area contributed by atoms with E-state index in [4.69, 9.17) is 11.6 Å². The number of hydrogen-bond donors (Lipinski definition) is 1. The Morgan fingerprint density at radius 1 is 1.42 bits per heavy atom. The highest BCUT2D eigenvalue weighted by atomic mass is 35.5. The van der Waals surface area contributed by atoms with Gasteiger partial charge in [0.1, 0.15) is 0 Å². The fraction of sp³-hybridized carbons (Fsp3) is 0.533. The summed E-state index contributed by atoms with van der Waals surface area (Å²) in [5, 5.41) is 10.6. The van der Waals surface area contributed by atoms with Crippen LogP contribution in [0, 0.1) is 0 Å². The number of benzene rings is 1. The zero-order valence-corrected chi connectivity index (χ0v) is 11.9. The molecule has 1 aliphatic rings. The van der Waals surface area contributed by atoms with Crippen molar-refractivity contribution in [3.63, 3.8) is 0 Å². The second-order valence-electron chi connectivity index (χ2n) is 5.23. The highest BCUT2D eigenvalue weighted by Gasteiger charge is 2.29. The minimum Gasteiger partial charge on any atom is -0.391 e. The SMILES string of the molecule is CN(C(=O)Cc1cccc(Cl)c1)[C@@H]1CCCC[C@H]1O. The van der Waals surface area contributed by atoms with Crippen molar-refractivity contribution in [2.24, 2.45) is 0 Å². The molecule has 0 aliphatic heterocycles. The van der Waals surface area contributed by atoms with E-state index >= 15 is 0 Å². The van der Waals surface area contributed by atoms with Crippen molar-refractivity contribution in [3.05, 3.63) is 34.9 Å². The highest BCUT2D eigenvalue weighted by molar-refractivity contribution is 6.30. The predicted octanol–water partition coefficient (Wildman–Crippen LogP) is 2.64. The molecule has 19 heavy (non-hydrogen) atoms. The van der Waals surface area contributed by atoms with Gasteiger partial charge in [-0.05, 0) is 30.5 Å². The summed E-state index contributed by atoms with van der Waals surface area (Å²) in [4.78, 5) is 13.9. The van der Waals surface area contributed by atoms with Gasteiger partial charge in [0.2, 0.25) is 5.91 Å². The first-order valence-electron chi connectivity index (χ1n) is 6.76. The molecule has 1 amide bonds. The van der Waals surface area contributed by atoms with E-state index in [9.17, 15) is 9.90 Å². The van der Waals surface area contributed by atoms with E-state index in [-0.39, 0.29) is 18.1 Å². The molecule has 0 bridgehead atoms. The highest BCUT2D eigenvalue weighted by Crippen LogP contribution is 2.23. The molecule has 1 aromatic rings. The van der Waals surface area contributed by atoms with Gasteiger partial charge in [-0.25, -0.2) is 0 Å². The van der Waals surface area contributed by atoms with Crippen LogP contribution in [0.5, 0.6) is 0 Å². The number of hydrogen-bond acceptors (Lipinski definition) is 2. The molecule has 0 aromatic heterocycles. The third-order valence-corrected chi connectivity index (χ3v) is 4.06. The quantitative estimate of drug-likeness (QED) is 0.925. The van der Waals surface area contributed by atoms with Gasteiger partial charge < -0.3 is 10.0 Å². The van der Waals surface area contributed by atoms with Crippen molar-refractivity contribution in [2.45, 2.75) is 44.2 Å². The van der Waals surface area contributed by atoms with Crippen LogP contribution in [-0.2, 0) is 11.2 Å². The third-order valence-electron chi connectivity index (χ3n) is 3.83. The normalized spacial score (nSPS) is 23.1. The Morgan fingerprint density at radius 2 is 2.16 bits per heavy atom. The average Bonchev–Trinajstić information content (AvgIpc) is 2.38. The summed E-state index contributed by atoms with van der Waals surface area (Å²) in [5.74, 6) is 0.0354. The molecule has 0 radical (unpaired) electrons. The largest absolute Gasteiger partial charge is 0.391 e. The van der Waals surface area contributed by atoms with Crippen LogP contribution in [0.4, 0.5) is 0 Å². The molecule has 4 heteroatoms. The molecule has 1 fully saturated rings. The molecular formula is C15H20ClNO2. The first-order valence-corrected chi connectivity index (χ1v) is 7.14. The molecule has 104 valence electrons. The van der Waals surface area contributed by atoms with Crippen molar-refractivity contribution >= 4 is 17.5 Å². The third kappa shape index (κ3) is 3.71. The van der Waals surface area contributed by atoms with Crippen molar-refractivity contribution in [2.75, 3.05) is 7.05 Å². The van der Waals surface area contributed by atoms with Gasteiger partial charge in [0.05, 0.1) is 18.6 Å². The Bertz CT molecular complexity index is 450. The van der Waals surface area contributed by atoms with Gasteiger partial charge >= 0.3 is 0 Å². The summed E-state index contributed by atoms with van der Waals surface area (Å²) in [7, 11) is 1.78. The molecule has 0 heterocycles. The first kappa shape index (κ1) is 14.4. The van der Waals surface area contributed by atoms with Crippen LogP contribution in [0.1, 0.15) is 31.2 Å². The summed E-state index contributed by atoms with van der Waals surface area (Å²) >= 11 is 5.91. The Labute approximate surface area is 119 Å². The fourth-order valence-corrected chi connectivity index (χ4v) is 2.89. The predicted molar refractivity (Wildman–Crippen MR) is 76.2 cm³/mol. The summed E-state index contributed by atoms with van der Waals surface area (Å²) in [6, 6.07) is 7.31. The van der Waals surface area contributed by atoms with Gasteiger partial charge in [0, 0.05) is 12.1 Å². The minimum absolute atomic E-state index is 0.0354. The molecule has 2 rings (SSSR count). The first-order chi connectivity index (χ1) is 9.08. The summed E-state index contributed by atoms with van der Waals surface area (Å²) < 4.78 is 0. The topological polar surface area (TPSA) is 40.5 Å². The monoisotopic (exact) mass is 281 g/mol. The van der Waals surface area contributed by atoms with E-state index in [0.717, 1.165) is 31.2 Å². The van der Waals surface area contributed by atoms with Gasteiger partial charge in [0.25, 0.3) is 0 Å². The number of likely N-dealkylation sites (N-methyl/N-ethyl adjacent to an activating group) is 1. The number of carbonyl (C=O) groups is 1. The Hall–Kier alpha value is -1.06. The maximum absolute atomic E-state index is 12.2. The lowest BCUT2D eigenvalue weighted by Gasteiger charge is -2.35. The van der Waals surface area contributed by atoms with Crippen molar-refractivity contribution in [1.29, 1.82) is 0 Å². The number of aliphatic hydroxyl groups is 1. The van der Waals surface area contributed by atoms with Gasteiger partial charge in [-0.3, -0.25) is 4.79 Å². The van der Waals surface area contributed by atoms with E-state index in [1.165, 1.54) is 0 Å². The van der Waals surface area contributed by atoms with Crippen LogP contribution >= 0.6 is 11.6 Å². The van der Waals surface area contributed by atoms with Crippen LogP contribution in [0.15, 0.2) is 24.3 Å². The molecule has 1 aliphatic carbocycles. The van der Waals surface area contributed by atoms with E-state index in [1.807, 2.05) is 18.2 Å². The van der Waals surface area contributed by atoms with E-state index in [0.29, 0.717) is 11.4 Å². The number of halogens is 1. The summed E-state index contributed by atoms with van der Waals surface area (Å²) in [6.45, 7) is 0. The molecule has 1 N–H and O–H groups in total. The minimum atomic E-state index is -0.387. The molecule has 0 spiro atoms. The lowest BCUT2D eigenvalue weighted by Crippen LogP contribution is -2.46. The molecule has 2 atom stereocenters. The smallest absolute Gasteiger partial charge is 0.227 e. The fourth-order valence-electron chi connectivity index (χ4n) is 2.67. The maximum Gasteiger partial charge on any atom is 0.227 e. The number of aliphatic hydroxyl groups excluding tert-OH is 1. The molecule has 1 aromatic carbocycles. The van der Waals surface area contributed by atoms with Crippen LogP contribution in [0.25, 0.3) is 0 Å². The molecule has 0 unspecified atom stereocenters. The summed E-state index contributed by atoms with van der Waals surface area (Å²) in [6.07, 6.45) is 3.76. The molecular weight excluding hydrogens is 262 g/mol. The van der Waals surface area contributed by atoms with Gasteiger partial charge in [-0.2, -0.15) is 0 Å². The number of rotatable bonds is 3. The number of amides is 1. The zero-order chi connectivity index (χ0) is 13.8. The van der Waals surface area contributed by atoms with E-state index in [1.54, 1.807) is 18.0 Å².